The first kappa shape index (κ1) is 22.7. The molecule has 0 radical (unpaired) electrons. The van der Waals surface area contributed by atoms with Gasteiger partial charge in [0.15, 0.2) is 0 Å². The smallest absolute Gasteiger partial charge is 0.406 e. The van der Waals surface area contributed by atoms with Crippen LogP contribution >= 0.6 is 11.6 Å². The molecule has 2 N–H and O–H groups in total. The van der Waals surface area contributed by atoms with Crippen LogP contribution in [0, 0.1) is 0 Å². The molecule has 0 saturated carbocycles. The summed E-state index contributed by atoms with van der Waals surface area (Å²) < 4.78 is 41.8. The summed E-state index contributed by atoms with van der Waals surface area (Å²) in [5, 5.41) is 7.04. The van der Waals surface area contributed by atoms with Crippen LogP contribution in [0.1, 0.15) is 25.8 Å². The summed E-state index contributed by atoms with van der Waals surface area (Å²) in [6, 6.07) is 14.9. The van der Waals surface area contributed by atoms with Gasteiger partial charge in [0.05, 0.1) is 5.69 Å². The highest BCUT2D eigenvalue weighted by molar-refractivity contribution is 6.31. The number of halogens is 4. The SMILES string of the molecule is CC[C@@H](C)Nc1nc(NCc2ccccc2Cl)cc(-c2cccc(OC(F)(F)F)c2)n1. The zero-order chi connectivity index (χ0) is 22.4. The molecule has 3 rings (SSSR count). The lowest BCUT2D eigenvalue weighted by Gasteiger charge is -2.15. The lowest BCUT2D eigenvalue weighted by Crippen LogP contribution is -2.17. The Bertz CT molecular complexity index is 1030. The summed E-state index contributed by atoms with van der Waals surface area (Å²) in [5.74, 6) is 0.569. The molecule has 0 unspecified atom stereocenters. The summed E-state index contributed by atoms with van der Waals surface area (Å²) in [4.78, 5) is 8.96. The van der Waals surface area contributed by atoms with Gasteiger partial charge in [0.25, 0.3) is 0 Å². The first-order valence-electron chi connectivity index (χ1n) is 9.72. The first-order valence-corrected chi connectivity index (χ1v) is 10.1. The van der Waals surface area contributed by atoms with Crippen LogP contribution in [0.4, 0.5) is 24.9 Å². The van der Waals surface area contributed by atoms with Crippen LogP contribution in [-0.2, 0) is 6.54 Å². The second-order valence-corrected chi connectivity index (χ2v) is 7.34. The van der Waals surface area contributed by atoms with E-state index in [-0.39, 0.29) is 11.8 Å². The summed E-state index contributed by atoms with van der Waals surface area (Å²) >= 11 is 6.22. The second-order valence-electron chi connectivity index (χ2n) is 6.94. The Morgan fingerprint density at radius 1 is 1.06 bits per heavy atom. The zero-order valence-corrected chi connectivity index (χ0v) is 17.8. The highest BCUT2D eigenvalue weighted by Gasteiger charge is 2.31. The van der Waals surface area contributed by atoms with E-state index >= 15 is 0 Å². The Morgan fingerprint density at radius 2 is 1.84 bits per heavy atom. The molecular formula is C22H22ClF3N4O. The minimum absolute atomic E-state index is 0.117. The molecule has 0 amide bonds. The monoisotopic (exact) mass is 450 g/mol. The van der Waals surface area contributed by atoms with Crippen molar-refractivity contribution in [1.29, 1.82) is 0 Å². The van der Waals surface area contributed by atoms with E-state index in [4.69, 9.17) is 11.6 Å². The quantitative estimate of drug-likeness (QED) is 0.409. The van der Waals surface area contributed by atoms with Gasteiger partial charge in [0.2, 0.25) is 5.95 Å². The van der Waals surface area contributed by atoms with Crippen molar-refractivity contribution in [3.05, 3.63) is 65.2 Å². The molecule has 0 fully saturated rings. The average molecular weight is 451 g/mol. The number of anilines is 2. The van der Waals surface area contributed by atoms with Crippen molar-refractivity contribution >= 4 is 23.4 Å². The molecule has 5 nitrogen and oxygen atoms in total. The van der Waals surface area contributed by atoms with Crippen molar-refractivity contribution in [1.82, 2.24) is 9.97 Å². The number of rotatable bonds is 8. The number of nitrogens with zero attached hydrogens (tertiary/aromatic N) is 2. The van der Waals surface area contributed by atoms with Gasteiger partial charge in [-0.25, -0.2) is 4.98 Å². The Balaban J connectivity index is 1.92. The van der Waals surface area contributed by atoms with Crippen molar-refractivity contribution in [3.8, 4) is 17.0 Å². The van der Waals surface area contributed by atoms with Crippen molar-refractivity contribution in [2.24, 2.45) is 0 Å². The number of hydrogen-bond donors (Lipinski definition) is 2. The molecule has 9 heteroatoms. The molecule has 0 aliphatic carbocycles. The number of aromatic nitrogens is 2. The van der Waals surface area contributed by atoms with Gasteiger partial charge in [-0.2, -0.15) is 4.98 Å². The van der Waals surface area contributed by atoms with E-state index in [1.165, 1.54) is 18.2 Å². The van der Waals surface area contributed by atoms with E-state index in [2.05, 4.69) is 25.3 Å². The fraction of sp³-hybridized carbons (Fsp3) is 0.273. The van der Waals surface area contributed by atoms with Gasteiger partial charge in [-0.3, -0.25) is 0 Å². The van der Waals surface area contributed by atoms with Gasteiger partial charge in [0.1, 0.15) is 11.6 Å². The van der Waals surface area contributed by atoms with Gasteiger partial charge in [-0.05, 0) is 37.1 Å². The Morgan fingerprint density at radius 3 is 2.55 bits per heavy atom. The molecule has 164 valence electrons. The predicted molar refractivity (Wildman–Crippen MR) is 116 cm³/mol. The molecule has 0 aliphatic rings. The highest BCUT2D eigenvalue weighted by atomic mass is 35.5. The molecule has 1 heterocycles. The van der Waals surface area contributed by atoms with Crippen molar-refractivity contribution in [3.63, 3.8) is 0 Å². The molecule has 3 aromatic rings. The van der Waals surface area contributed by atoms with Crippen LogP contribution in [0.25, 0.3) is 11.3 Å². The third kappa shape index (κ3) is 6.75. The van der Waals surface area contributed by atoms with Crippen LogP contribution < -0.4 is 15.4 Å². The summed E-state index contributed by atoms with van der Waals surface area (Å²) in [6.07, 6.45) is -3.92. The maximum atomic E-state index is 12.6. The molecule has 0 bridgehead atoms. The summed E-state index contributed by atoms with van der Waals surface area (Å²) in [6.45, 7) is 4.44. The second kappa shape index (κ2) is 9.87. The standard InChI is InChI=1S/C22H22ClF3N4O/c1-3-14(2)28-21-29-19(15-8-6-9-17(11-15)31-22(24,25)26)12-20(30-21)27-13-16-7-4-5-10-18(16)23/h4-12,14H,3,13H2,1-2H3,(H2,27,28,29,30)/t14-/m1/s1. The minimum atomic E-state index is -4.77. The summed E-state index contributed by atoms with van der Waals surface area (Å²) in [7, 11) is 0. The van der Waals surface area contributed by atoms with Crippen LogP contribution in [0.15, 0.2) is 54.6 Å². The molecule has 31 heavy (non-hydrogen) atoms. The maximum absolute atomic E-state index is 12.6. The Hall–Kier alpha value is -3.00. The zero-order valence-electron chi connectivity index (χ0n) is 17.0. The average Bonchev–Trinajstić information content (AvgIpc) is 2.72. The van der Waals surface area contributed by atoms with Crippen molar-refractivity contribution in [2.45, 2.75) is 39.2 Å². The fourth-order valence-electron chi connectivity index (χ4n) is 2.75. The Labute approximate surface area is 183 Å². The molecule has 1 aromatic heterocycles. The highest BCUT2D eigenvalue weighted by Crippen LogP contribution is 2.29. The molecule has 1 atom stereocenters. The lowest BCUT2D eigenvalue weighted by atomic mass is 10.1. The van der Waals surface area contributed by atoms with Crippen LogP contribution in [0.2, 0.25) is 5.02 Å². The topological polar surface area (TPSA) is 59.1 Å². The van der Waals surface area contributed by atoms with E-state index in [9.17, 15) is 13.2 Å². The third-order valence-corrected chi connectivity index (χ3v) is 4.86. The third-order valence-electron chi connectivity index (χ3n) is 4.50. The molecule has 2 aromatic carbocycles. The number of benzene rings is 2. The van der Waals surface area contributed by atoms with Crippen LogP contribution in [0.5, 0.6) is 5.75 Å². The van der Waals surface area contributed by atoms with Crippen molar-refractivity contribution < 1.29 is 17.9 Å². The van der Waals surface area contributed by atoms with Crippen LogP contribution in [0.3, 0.4) is 0 Å². The molecule has 0 aliphatic heterocycles. The van der Waals surface area contributed by atoms with E-state index < -0.39 is 6.36 Å². The van der Waals surface area contributed by atoms with E-state index in [1.54, 1.807) is 18.2 Å². The fourth-order valence-corrected chi connectivity index (χ4v) is 2.96. The van der Waals surface area contributed by atoms with E-state index in [0.29, 0.717) is 34.6 Å². The van der Waals surface area contributed by atoms with Crippen LogP contribution in [-0.4, -0.2) is 22.4 Å². The maximum Gasteiger partial charge on any atom is 0.573 e. The van der Waals surface area contributed by atoms with E-state index in [0.717, 1.165) is 12.0 Å². The number of alkyl halides is 3. The molecular weight excluding hydrogens is 429 g/mol. The lowest BCUT2D eigenvalue weighted by molar-refractivity contribution is -0.274. The number of hydrogen-bond acceptors (Lipinski definition) is 5. The normalized spacial score (nSPS) is 12.3. The minimum Gasteiger partial charge on any atom is -0.406 e. The number of nitrogens with one attached hydrogen (secondary N) is 2. The van der Waals surface area contributed by atoms with Crippen molar-refractivity contribution in [2.75, 3.05) is 10.6 Å². The van der Waals surface area contributed by atoms with Gasteiger partial charge >= 0.3 is 6.36 Å². The van der Waals surface area contributed by atoms with Gasteiger partial charge < -0.3 is 15.4 Å². The Kier molecular flexibility index (Phi) is 7.22. The number of ether oxygens (including phenoxy) is 1. The largest absolute Gasteiger partial charge is 0.573 e. The van der Waals surface area contributed by atoms with Gasteiger partial charge in [0, 0.05) is 29.2 Å². The van der Waals surface area contributed by atoms with Gasteiger partial charge in [-0.1, -0.05) is 48.9 Å². The summed E-state index contributed by atoms with van der Waals surface area (Å²) in [5.41, 5.74) is 1.81. The first-order chi connectivity index (χ1) is 14.7. The van der Waals surface area contributed by atoms with E-state index in [1.807, 2.05) is 32.0 Å². The predicted octanol–water partition coefficient (Wildman–Crippen LogP) is 6.52. The molecule has 0 spiro atoms. The van der Waals surface area contributed by atoms with Gasteiger partial charge in [-0.15, -0.1) is 13.2 Å². The molecule has 0 saturated heterocycles.